The van der Waals surface area contributed by atoms with Crippen molar-refractivity contribution in [2.24, 2.45) is 0 Å². The van der Waals surface area contributed by atoms with Crippen molar-refractivity contribution in [2.75, 3.05) is 31.5 Å². The molecule has 4 aromatic rings. The van der Waals surface area contributed by atoms with Crippen molar-refractivity contribution in [1.82, 2.24) is 14.9 Å². The maximum absolute atomic E-state index is 4.70. The number of anilines is 1. The third kappa shape index (κ3) is 3.12. The Morgan fingerprint density at radius 1 is 0.964 bits per heavy atom. The number of hydrogen-bond acceptors (Lipinski definition) is 3. The molecule has 2 aromatic carbocycles. The van der Waals surface area contributed by atoms with Gasteiger partial charge in [-0.2, -0.15) is 0 Å². The summed E-state index contributed by atoms with van der Waals surface area (Å²) in [6.07, 6.45) is 3.04. The molecule has 0 spiro atoms. The Morgan fingerprint density at radius 2 is 1.75 bits per heavy atom. The largest absolute Gasteiger partial charge is 0.370 e. The number of hydrogen-bond donors (Lipinski definition) is 2. The maximum Gasteiger partial charge on any atom is 0.134 e. The van der Waals surface area contributed by atoms with Crippen LogP contribution in [0.4, 0.5) is 5.82 Å². The fraction of sp³-hybridized carbons (Fsp3) is 0.375. The van der Waals surface area contributed by atoms with Gasteiger partial charge in [0.05, 0.1) is 5.52 Å². The van der Waals surface area contributed by atoms with Gasteiger partial charge in [-0.1, -0.05) is 32.0 Å². The van der Waals surface area contributed by atoms with Gasteiger partial charge in [-0.05, 0) is 68.5 Å². The highest BCUT2D eigenvalue weighted by Crippen LogP contribution is 2.38. The summed E-state index contributed by atoms with van der Waals surface area (Å²) in [5, 5.41) is 8.75. The van der Waals surface area contributed by atoms with Crippen LogP contribution in [-0.4, -0.2) is 41.0 Å². The first kappa shape index (κ1) is 18.8. The molecular formula is C24H30N4. The van der Waals surface area contributed by atoms with Crippen molar-refractivity contribution in [1.29, 1.82) is 0 Å². The van der Waals surface area contributed by atoms with Crippen molar-refractivity contribution < 1.29 is 0 Å². The molecule has 2 aromatic heterocycles. The number of aromatic amines is 1. The number of para-hydroxylation sites is 1. The average Bonchev–Trinajstić information content (AvgIpc) is 3.12. The highest BCUT2D eigenvalue weighted by molar-refractivity contribution is 6.18. The van der Waals surface area contributed by atoms with Crippen LogP contribution >= 0.6 is 0 Å². The SMILES string of the molecule is CCN(CC)CCCNc1nccc2c(C)c3[nH]c4ccccc4c3c(C)c12. The van der Waals surface area contributed by atoms with E-state index in [-0.39, 0.29) is 0 Å². The Kier molecular flexibility index (Phi) is 5.23. The van der Waals surface area contributed by atoms with E-state index in [2.05, 4.69) is 73.2 Å². The monoisotopic (exact) mass is 374 g/mol. The van der Waals surface area contributed by atoms with Crippen LogP contribution in [0.25, 0.3) is 32.6 Å². The summed E-state index contributed by atoms with van der Waals surface area (Å²) < 4.78 is 0. The van der Waals surface area contributed by atoms with Gasteiger partial charge in [0, 0.05) is 34.4 Å². The molecule has 4 rings (SSSR count). The first-order chi connectivity index (χ1) is 13.7. The summed E-state index contributed by atoms with van der Waals surface area (Å²) in [5.41, 5.74) is 5.03. The number of fused-ring (bicyclic) bond motifs is 4. The van der Waals surface area contributed by atoms with Gasteiger partial charge >= 0.3 is 0 Å². The van der Waals surface area contributed by atoms with E-state index in [4.69, 9.17) is 4.98 Å². The van der Waals surface area contributed by atoms with Crippen LogP contribution in [0.5, 0.6) is 0 Å². The Bertz CT molecular complexity index is 1120. The van der Waals surface area contributed by atoms with E-state index in [0.717, 1.165) is 38.4 Å². The van der Waals surface area contributed by atoms with E-state index in [1.165, 1.54) is 43.7 Å². The average molecular weight is 375 g/mol. The van der Waals surface area contributed by atoms with E-state index in [9.17, 15) is 0 Å². The molecule has 2 N–H and O–H groups in total. The minimum Gasteiger partial charge on any atom is -0.370 e. The smallest absolute Gasteiger partial charge is 0.134 e. The molecule has 0 saturated heterocycles. The Morgan fingerprint density at radius 3 is 2.54 bits per heavy atom. The van der Waals surface area contributed by atoms with Gasteiger partial charge in [-0.3, -0.25) is 0 Å². The van der Waals surface area contributed by atoms with Gasteiger partial charge in [-0.25, -0.2) is 4.98 Å². The molecule has 0 atom stereocenters. The molecule has 146 valence electrons. The number of H-pyrrole nitrogens is 1. The number of aryl methyl sites for hydroxylation is 2. The van der Waals surface area contributed by atoms with Gasteiger partial charge in [0.25, 0.3) is 0 Å². The van der Waals surface area contributed by atoms with Crippen LogP contribution in [0.2, 0.25) is 0 Å². The van der Waals surface area contributed by atoms with Crippen LogP contribution in [0.3, 0.4) is 0 Å². The first-order valence-corrected chi connectivity index (χ1v) is 10.4. The molecule has 0 aliphatic rings. The topological polar surface area (TPSA) is 44.0 Å². The number of nitrogens with one attached hydrogen (secondary N) is 2. The Balaban J connectivity index is 1.76. The standard InChI is InChI=1S/C24H30N4/c1-5-28(6-2)15-9-13-25-24-22-17(4)21-19-10-7-8-11-20(19)27-23(21)16(3)18(22)12-14-26-24/h7-8,10-12,14,27H,5-6,9,13,15H2,1-4H3,(H,25,26). The molecule has 0 fully saturated rings. The van der Waals surface area contributed by atoms with E-state index in [1.54, 1.807) is 0 Å². The van der Waals surface area contributed by atoms with Crippen LogP contribution in [0.1, 0.15) is 31.4 Å². The second-order valence-electron chi connectivity index (χ2n) is 7.56. The van der Waals surface area contributed by atoms with Crippen LogP contribution < -0.4 is 5.32 Å². The summed E-state index contributed by atoms with van der Waals surface area (Å²) in [5.74, 6) is 1.00. The van der Waals surface area contributed by atoms with Crippen molar-refractivity contribution in [3.8, 4) is 0 Å². The second kappa shape index (κ2) is 7.80. The zero-order chi connectivity index (χ0) is 19.7. The third-order valence-electron chi connectivity index (χ3n) is 6.02. The number of nitrogens with zero attached hydrogens (tertiary/aromatic N) is 2. The molecule has 2 heterocycles. The minimum absolute atomic E-state index is 0.938. The highest BCUT2D eigenvalue weighted by atomic mass is 15.1. The summed E-state index contributed by atoms with van der Waals surface area (Å²) in [6.45, 7) is 13.2. The van der Waals surface area contributed by atoms with E-state index < -0.39 is 0 Å². The molecule has 4 nitrogen and oxygen atoms in total. The molecule has 28 heavy (non-hydrogen) atoms. The van der Waals surface area contributed by atoms with Gasteiger partial charge in [0.15, 0.2) is 0 Å². The number of rotatable bonds is 7. The molecule has 0 radical (unpaired) electrons. The number of pyridine rings is 1. The van der Waals surface area contributed by atoms with Crippen LogP contribution in [0.15, 0.2) is 36.5 Å². The molecule has 0 aliphatic carbocycles. The lowest BCUT2D eigenvalue weighted by molar-refractivity contribution is 0.303. The van der Waals surface area contributed by atoms with Crippen LogP contribution in [0, 0.1) is 13.8 Å². The van der Waals surface area contributed by atoms with E-state index >= 15 is 0 Å². The number of benzene rings is 2. The fourth-order valence-corrected chi connectivity index (χ4v) is 4.41. The lowest BCUT2D eigenvalue weighted by Gasteiger charge is -2.18. The fourth-order valence-electron chi connectivity index (χ4n) is 4.41. The minimum atomic E-state index is 0.938. The zero-order valence-electron chi connectivity index (χ0n) is 17.4. The molecule has 4 heteroatoms. The van der Waals surface area contributed by atoms with Crippen LogP contribution in [-0.2, 0) is 0 Å². The second-order valence-corrected chi connectivity index (χ2v) is 7.56. The Labute approximate surface area is 166 Å². The molecule has 0 unspecified atom stereocenters. The third-order valence-corrected chi connectivity index (χ3v) is 6.02. The first-order valence-electron chi connectivity index (χ1n) is 10.4. The zero-order valence-corrected chi connectivity index (χ0v) is 17.4. The molecular weight excluding hydrogens is 344 g/mol. The van der Waals surface area contributed by atoms with Gasteiger partial charge < -0.3 is 15.2 Å². The Hall–Kier alpha value is -2.59. The quantitative estimate of drug-likeness (QED) is 0.412. The molecule has 0 bridgehead atoms. The predicted molar refractivity (Wildman–Crippen MR) is 121 cm³/mol. The lowest BCUT2D eigenvalue weighted by Crippen LogP contribution is -2.25. The normalized spacial score (nSPS) is 11.9. The molecule has 0 aliphatic heterocycles. The summed E-state index contributed by atoms with van der Waals surface area (Å²) in [6, 6.07) is 10.7. The lowest BCUT2D eigenvalue weighted by atomic mass is 9.96. The maximum atomic E-state index is 4.70. The van der Waals surface area contributed by atoms with Crippen molar-refractivity contribution in [2.45, 2.75) is 34.1 Å². The highest BCUT2D eigenvalue weighted by Gasteiger charge is 2.16. The number of aromatic nitrogens is 2. The predicted octanol–water partition coefficient (Wildman–Crippen LogP) is 5.63. The van der Waals surface area contributed by atoms with E-state index in [1.807, 2.05) is 6.20 Å². The molecule has 0 amide bonds. The van der Waals surface area contributed by atoms with E-state index in [0.29, 0.717) is 0 Å². The summed E-state index contributed by atoms with van der Waals surface area (Å²) >= 11 is 0. The van der Waals surface area contributed by atoms with Gasteiger partial charge in [-0.15, -0.1) is 0 Å². The summed E-state index contributed by atoms with van der Waals surface area (Å²) in [4.78, 5) is 10.8. The van der Waals surface area contributed by atoms with Gasteiger partial charge in [0.2, 0.25) is 0 Å². The molecule has 0 saturated carbocycles. The van der Waals surface area contributed by atoms with Crippen molar-refractivity contribution in [3.05, 3.63) is 47.7 Å². The van der Waals surface area contributed by atoms with Crippen molar-refractivity contribution >= 4 is 38.4 Å². The van der Waals surface area contributed by atoms with Crippen molar-refractivity contribution in [3.63, 3.8) is 0 Å². The van der Waals surface area contributed by atoms with Gasteiger partial charge in [0.1, 0.15) is 5.82 Å². The summed E-state index contributed by atoms with van der Waals surface area (Å²) in [7, 11) is 0.